The van der Waals surface area contributed by atoms with Crippen molar-refractivity contribution in [3.8, 4) is 5.75 Å². The fourth-order valence-electron chi connectivity index (χ4n) is 1.75. The van der Waals surface area contributed by atoms with Crippen molar-refractivity contribution >= 4 is 27.5 Å². The quantitative estimate of drug-likeness (QED) is 0.869. The molecule has 0 aliphatic carbocycles. The summed E-state index contributed by atoms with van der Waals surface area (Å²) in [5.74, 6) is -0.346. The second kappa shape index (κ2) is 6.67. The summed E-state index contributed by atoms with van der Waals surface area (Å²) in [7, 11) is 0. The number of carbonyl (C=O) groups is 1. The van der Waals surface area contributed by atoms with Crippen LogP contribution in [-0.4, -0.2) is 12.5 Å². The number of hydrogen-bond acceptors (Lipinski definition) is 2. The normalized spacial score (nSPS) is 10.5. The average molecular weight is 356 g/mol. The van der Waals surface area contributed by atoms with E-state index in [4.69, 9.17) is 0 Å². The molecule has 0 spiro atoms. The predicted molar refractivity (Wildman–Crippen MR) is 79.9 cm³/mol. The number of benzene rings is 2. The molecule has 0 saturated heterocycles. The van der Waals surface area contributed by atoms with Gasteiger partial charge in [-0.2, -0.15) is 8.78 Å². The van der Waals surface area contributed by atoms with Gasteiger partial charge in [0.25, 0.3) is 5.91 Å². The van der Waals surface area contributed by atoms with Crippen LogP contribution in [0.5, 0.6) is 5.75 Å². The molecular weight excluding hydrogens is 344 g/mol. The van der Waals surface area contributed by atoms with Gasteiger partial charge in [0.2, 0.25) is 0 Å². The number of anilines is 1. The Bertz CT molecular complexity index is 662. The summed E-state index contributed by atoms with van der Waals surface area (Å²) in [6.07, 6.45) is 0. The molecule has 2 aromatic rings. The van der Waals surface area contributed by atoms with E-state index < -0.39 is 6.61 Å². The smallest absolute Gasteiger partial charge is 0.387 e. The SMILES string of the molecule is Cc1ccc(C(=O)Nc2cccc(OC(F)F)c2)c(Br)c1. The summed E-state index contributed by atoms with van der Waals surface area (Å²) < 4.78 is 29.3. The lowest BCUT2D eigenvalue weighted by molar-refractivity contribution is -0.0497. The number of hydrogen-bond donors (Lipinski definition) is 1. The topological polar surface area (TPSA) is 38.3 Å². The first-order valence-corrected chi connectivity index (χ1v) is 6.87. The van der Waals surface area contributed by atoms with Crippen molar-refractivity contribution in [1.82, 2.24) is 0 Å². The fourth-order valence-corrected chi connectivity index (χ4v) is 2.43. The molecule has 1 amide bonds. The highest BCUT2D eigenvalue weighted by Crippen LogP contribution is 2.22. The van der Waals surface area contributed by atoms with E-state index in [1.807, 2.05) is 19.1 Å². The number of aryl methyl sites for hydroxylation is 1. The zero-order valence-corrected chi connectivity index (χ0v) is 12.7. The fraction of sp³-hybridized carbons (Fsp3) is 0.133. The van der Waals surface area contributed by atoms with Gasteiger partial charge in [-0.1, -0.05) is 12.1 Å². The first-order valence-electron chi connectivity index (χ1n) is 6.08. The third kappa shape index (κ3) is 4.26. The standard InChI is InChI=1S/C15H12BrF2NO2/c1-9-5-6-12(13(16)7-9)14(20)19-10-3-2-4-11(8-10)21-15(17)18/h2-8,15H,1H3,(H,19,20). The molecule has 21 heavy (non-hydrogen) atoms. The van der Waals surface area contributed by atoms with E-state index in [1.165, 1.54) is 18.2 Å². The summed E-state index contributed by atoms with van der Waals surface area (Å²) in [6, 6.07) is 11.2. The Morgan fingerprint density at radius 2 is 2.00 bits per heavy atom. The third-order valence-corrected chi connectivity index (χ3v) is 3.34. The van der Waals surface area contributed by atoms with Gasteiger partial charge in [-0.25, -0.2) is 0 Å². The number of carbonyl (C=O) groups excluding carboxylic acids is 1. The molecule has 0 bridgehead atoms. The molecule has 1 N–H and O–H groups in total. The number of ether oxygens (including phenoxy) is 1. The molecule has 0 aliphatic rings. The molecule has 0 saturated carbocycles. The van der Waals surface area contributed by atoms with E-state index in [1.54, 1.807) is 12.1 Å². The van der Waals surface area contributed by atoms with Crippen molar-refractivity contribution in [1.29, 1.82) is 0 Å². The van der Waals surface area contributed by atoms with Crippen LogP contribution < -0.4 is 10.1 Å². The highest BCUT2D eigenvalue weighted by molar-refractivity contribution is 9.10. The van der Waals surface area contributed by atoms with Crippen molar-refractivity contribution in [2.45, 2.75) is 13.5 Å². The third-order valence-electron chi connectivity index (χ3n) is 2.69. The van der Waals surface area contributed by atoms with Crippen molar-refractivity contribution in [3.63, 3.8) is 0 Å². The summed E-state index contributed by atoms with van der Waals surface area (Å²) in [5, 5.41) is 2.64. The van der Waals surface area contributed by atoms with E-state index >= 15 is 0 Å². The monoisotopic (exact) mass is 355 g/mol. The molecule has 2 rings (SSSR count). The Labute approximate surface area is 129 Å². The molecule has 6 heteroatoms. The van der Waals surface area contributed by atoms with Crippen molar-refractivity contribution < 1.29 is 18.3 Å². The molecule has 0 heterocycles. The van der Waals surface area contributed by atoms with E-state index in [0.29, 0.717) is 15.7 Å². The van der Waals surface area contributed by atoms with Gasteiger partial charge in [0.05, 0.1) is 5.56 Å². The first kappa shape index (κ1) is 15.4. The second-order valence-electron chi connectivity index (χ2n) is 4.34. The molecule has 110 valence electrons. The van der Waals surface area contributed by atoms with Gasteiger partial charge in [-0.05, 0) is 52.7 Å². The zero-order valence-electron chi connectivity index (χ0n) is 11.1. The van der Waals surface area contributed by atoms with Crippen LogP contribution in [0.2, 0.25) is 0 Å². The van der Waals surface area contributed by atoms with Crippen molar-refractivity contribution in [2.75, 3.05) is 5.32 Å². The van der Waals surface area contributed by atoms with Crippen molar-refractivity contribution in [3.05, 3.63) is 58.1 Å². The molecule has 2 aromatic carbocycles. The molecule has 0 radical (unpaired) electrons. The first-order chi connectivity index (χ1) is 9.95. The highest BCUT2D eigenvalue weighted by Gasteiger charge is 2.11. The molecule has 3 nitrogen and oxygen atoms in total. The Hall–Kier alpha value is -1.95. The van der Waals surface area contributed by atoms with Gasteiger partial charge >= 0.3 is 6.61 Å². The van der Waals surface area contributed by atoms with Crippen molar-refractivity contribution in [2.24, 2.45) is 0 Å². The number of nitrogens with one attached hydrogen (secondary N) is 1. The van der Waals surface area contributed by atoms with Crippen LogP contribution in [0.25, 0.3) is 0 Å². The largest absolute Gasteiger partial charge is 0.435 e. The number of rotatable bonds is 4. The lowest BCUT2D eigenvalue weighted by Gasteiger charge is -2.09. The highest BCUT2D eigenvalue weighted by atomic mass is 79.9. The van der Waals surface area contributed by atoms with E-state index in [2.05, 4.69) is 26.0 Å². The average Bonchev–Trinajstić information content (AvgIpc) is 2.37. The molecule has 0 atom stereocenters. The molecule has 0 unspecified atom stereocenters. The molecule has 0 fully saturated rings. The Balaban J connectivity index is 2.15. The Morgan fingerprint density at radius 3 is 2.67 bits per heavy atom. The van der Waals surface area contributed by atoms with Gasteiger partial charge in [-0.3, -0.25) is 4.79 Å². The van der Waals surface area contributed by atoms with E-state index in [9.17, 15) is 13.6 Å². The zero-order chi connectivity index (χ0) is 15.4. The summed E-state index contributed by atoms with van der Waals surface area (Å²) in [5.41, 5.74) is 1.86. The van der Waals surface area contributed by atoms with Gasteiger partial charge in [0, 0.05) is 16.2 Å². The van der Waals surface area contributed by atoms with Crippen LogP contribution in [0.15, 0.2) is 46.9 Å². The summed E-state index contributed by atoms with van der Waals surface area (Å²) in [4.78, 5) is 12.1. The van der Waals surface area contributed by atoms with Gasteiger partial charge in [-0.15, -0.1) is 0 Å². The molecule has 0 aromatic heterocycles. The number of alkyl halides is 2. The summed E-state index contributed by atoms with van der Waals surface area (Å²) in [6.45, 7) is -0.986. The van der Waals surface area contributed by atoms with E-state index in [0.717, 1.165) is 5.56 Å². The minimum absolute atomic E-state index is 0.00854. The van der Waals surface area contributed by atoms with Gasteiger partial charge in [0.15, 0.2) is 0 Å². The summed E-state index contributed by atoms with van der Waals surface area (Å²) >= 11 is 3.32. The van der Waals surface area contributed by atoms with Gasteiger partial charge < -0.3 is 10.1 Å². The lowest BCUT2D eigenvalue weighted by Crippen LogP contribution is -2.13. The van der Waals surface area contributed by atoms with Crippen LogP contribution in [0, 0.1) is 6.92 Å². The maximum Gasteiger partial charge on any atom is 0.387 e. The van der Waals surface area contributed by atoms with Crippen LogP contribution in [0.4, 0.5) is 14.5 Å². The maximum atomic E-state index is 12.2. The Kier molecular flexibility index (Phi) is 4.90. The number of amides is 1. The maximum absolute atomic E-state index is 12.2. The predicted octanol–water partition coefficient (Wildman–Crippen LogP) is 4.61. The minimum Gasteiger partial charge on any atom is -0.435 e. The molecular formula is C15H12BrF2NO2. The van der Waals surface area contributed by atoms with E-state index in [-0.39, 0.29) is 11.7 Å². The molecule has 0 aliphatic heterocycles. The minimum atomic E-state index is -2.90. The van der Waals surface area contributed by atoms with Gasteiger partial charge in [0.1, 0.15) is 5.75 Å². The van der Waals surface area contributed by atoms with Crippen LogP contribution >= 0.6 is 15.9 Å². The lowest BCUT2D eigenvalue weighted by atomic mass is 10.1. The second-order valence-corrected chi connectivity index (χ2v) is 5.20. The number of halogens is 3. The van der Waals surface area contributed by atoms with Crippen LogP contribution in [-0.2, 0) is 0 Å². The van der Waals surface area contributed by atoms with Crippen LogP contribution in [0.1, 0.15) is 15.9 Å². The Morgan fingerprint density at radius 1 is 1.24 bits per heavy atom. The van der Waals surface area contributed by atoms with Crippen LogP contribution in [0.3, 0.4) is 0 Å².